The van der Waals surface area contributed by atoms with E-state index in [9.17, 15) is 14.9 Å². The number of aromatic nitrogens is 2. The van der Waals surface area contributed by atoms with Crippen molar-refractivity contribution in [3.63, 3.8) is 0 Å². The van der Waals surface area contributed by atoms with Gasteiger partial charge in [-0.1, -0.05) is 66.2 Å². The first-order chi connectivity index (χ1) is 21.4. The van der Waals surface area contributed by atoms with E-state index in [1.54, 1.807) is 54.6 Å². The second-order valence-corrected chi connectivity index (χ2v) is 10.5. The first-order valence-electron chi connectivity index (χ1n) is 13.6. The average molecular weight is 601 g/mol. The van der Waals surface area contributed by atoms with E-state index in [-0.39, 0.29) is 23.9 Å². The topological polar surface area (TPSA) is 113 Å². The molecule has 0 bridgehead atoms. The maximum absolute atomic E-state index is 13.6. The molecule has 214 valence electrons. The van der Waals surface area contributed by atoms with Gasteiger partial charge in [-0.15, -0.1) is 0 Å². The van der Waals surface area contributed by atoms with Crippen molar-refractivity contribution in [3.8, 4) is 17.3 Å². The standard InChI is InChI=1S/C34H21ClN4O5/c35-25-13-15-30-24(17-25)18-32(44-30)33-37-28-11-4-3-10-27(28)34(40)38(33)36-19-21-12-14-31(29(16-21)39(41)42)43-20-23-8-5-7-22-6-1-2-9-26(22)23/h1-19H,20H2. The highest BCUT2D eigenvalue weighted by molar-refractivity contribution is 6.31. The summed E-state index contributed by atoms with van der Waals surface area (Å²) in [5, 5.41) is 20.1. The van der Waals surface area contributed by atoms with Crippen LogP contribution in [0.15, 0.2) is 124 Å². The van der Waals surface area contributed by atoms with Crippen LogP contribution in [0.5, 0.6) is 5.75 Å². The number of para-hydroxylation sites is 1. The number of nitro benzene ring substituents is 1. The molecule has 2 aromatic heterocycles. The molecule has 0 N–H and O–H groups in total. The maximum Gasteiger partial charge on any atom is 0.311 e. The van der Waals surface area contributed by atoms with Crippen molar-refractivity contribution in [2.75, 3.05) is 0 Å². The van der Waals surface area contributed by atoms with Crippen molar-refractivity contribution >= 4 is 56.1 Å². The van der Waals surface area contributed by atoms with E-state index in [1.807, 2.05) is 42.5 Å². The van der Waals surface area contributed by atoms with E-state index in [0.29, 0.717) is 32.8 Å². The van der Waals surface area contributed by atoms with E-state index < -0.39 is 10.5 Å². The van der Waals surface area contributed by atoms with Gasteiger partial charge in [-0.05, 0) is 64.9 Å². The van der Waals surface area contributed by atoms with E-state index in [2.05, 4.69) is 10.1 Å². The second kappa shape index (κ2) is 11.1. The SMILES string of the molecule is O=c1c2ccccc2nc(-c2cc3cc(Cl)ccc3o2)n1N=Cc1ccc(OCc2cccc3ccccc23)c([N+](=O)[O-])c1. The summed E-state index contributed by atoms with van der Waals surface area (Å²) in [5.74, 6) is 0.596. The average Bonchev–Trinajstić information content (AvgIpc) is 3.46. The third-order valence-corrected chi connectivity index (χ3v) is 7.45. The Morgan fingerprint density at radius 3 is 2.57 bits per heavy atom. The summed E-state index contributed by atoms with van der Waals surface area (Å²) in [5.41, 5.74) is 1.68. The van der Waals surface area contributed by atoms with Crippen LogP contribution in [0.2, 0.25) is 5.02 Å². The summed E-state index contributed by atoms with van der Waals surface area (Å²) in [6, 6.07) is 32.1. The Morgan fingerprint density at radius 1 is 0.909 bits per heavy atom. The van der Waals surface area contributed by atoms with Gasteiger partial charge in [0.2, 0.25) is 5.82 Å². The molecule has 0 aliphatic carbocycles. The van der Waals surface area contributed by atoms with E-state index in [4.69, 9.17) is 20.8 Å². The molecule has 0 fully saturated rings. The lowest BCUT2D eigenvalue weighted by Crippen LogP contribution is -2.20. The lowest BCUT2D eigenvalue weighted by Gasteiger charge is -2.10. The van der Waals surface area contributed by atoms with Gasteiger partial charge in [0.1, 0.15) is 12.2 Å². The lowest BCUT2D eigenvalue weighted by atomic mass is 10.1. The quantitative estimate of drug-likeness (QED) is 0.104. The minimum absolute atomic E-state index is 0.117. The third-order valence-electron chi connectivity index (χ3n) is 7.22. The number of hydrogen-bond acceptors (Lipinski definition) is 7. The molecular formula is C34H21ClN4O5. The summed E-state index contributed by atoms with van der Waals surface area (Å²) in [6.07, 6.45) is 1.36. The van der Waals surface area contributed by atoms with Gasteiger partial charge in [0.05, 0.1) is 22.0 Å². The zero-order valence-electron chi connectivity index (χ0n) is 22.9. The molecule has 5 aromatic carbocycles. The Hall–Kier alpha value is -5.80. The van der Waals surface area contributed by atoms with Crippen LogP contribution in [0.1, 0.15) is 11.1 Å². The zero-order chi connectivity index (χ0) is 30.2. The van der Waals surface area contributed by atoms with Crippen LogP contribution in [0, 0.1) is 10.1 Å². The van der Waals surface area contributed by atoms with Crippen molar-refractivity contribution in [3.05, 3.63) is 146 Å². The summed E-state index contributed by atoms with van der Waals surface area (Å²) >= 11 is 6.15. The highest BCUT2D eigenvalue weighted by atomic mass is 35.5. The number of furan rings is 1. The number of halogens is 1. The summed E-state index contributed by atoms with van der Waals surface area (Å²) in [4.78, 5) is 29.7. The predicted molar refractivity (Wildman–Crippen MR) is 171 cm³/mol. The molecule has 0 amide bonds. The molecule has 10 heteroatoms. The Kier molecular flexibility index (Phi) is 6.84. The zero-order valence-corrected chi connectivity index (χ0v) is 23.6. The maximum atomic E-state index is 13.6. The predicted octanol–water partition coefficient (Wildman–Crippen LogP) is 7.99. The fourth-order valence-corrected chi connectivity index (χ4v) is 5.27. The van der Waals surface area contributed by atoms with E-state index in [1.165, 1.54) is 18.3 Å². The van der Waals surface area contributed by atoms with Gasteiger partial charge >= 0.3 is 5.69 Å². The normalized spacial score (nSPS) is 11.6. The fourth-order valence-electron chi connectivity index (χ4n) is 5.09. The number of nitro groups is 1. The Balaban J connectivity index is 1.25. The number of rotatable bonds is 7. The Labute approximate surface area is 254 Å². The van der Waals surface area contributed by atoms with E-state index in [0.717, 1.165) is 26.4 Å². The molecule has 2 heterocycles. The Morgan fingerprint density at radius 2 is 1.70 bits per heavy atom. The molecule has 0 spiro atoms. The van der Waals surface area contributed by atoms with Crippen molar-refractivity contribution in [2.45, 2.75) is 6.61 Å². The molecule has 7 rings (SSSR count). The third kappa shape index (κ3) is 5.05. The smallest absolute Gasteiger partial charge is 0.311 e. The van der Waals surface area contributed by atoms with Crippen molar-refractivity contribution in [1.29, 1.82) is 0 Å². The monoisotopic (exact) mass is 600 g/mol. The molecule has 0 saturated heterocycles. The summed E-state index contributed by atoms with van der Waals surface area (Å²) < 4.78 is 13.0. The molecule has 7 aromatic rings. The molecule has 9 nitrogen and oxygen atoms in total. The van der Waals surface area contributed by atoms with Crippen LogP contribution in [0.4, 0.5) is 5.69 Å². The Bertz CT molecular complexity index is 2320. The number of benzene rings is 5. The van der Waals surface area contributed by atoms with Crippen LogP contribution in [0.3, 0.4) is 0 Å². The van der Waals surface area contributed by atoms with Crippen molar-refractivity contribution in [2.24, 2.45) is 5.10 Å². The number of fused-ring (bicyclic) bond motifs is 3. The summed E-state index contributed by atoms with van der Waals surface area (Å²) in [7, 11) is 0. The van der Waals surface area contributed by atoms with Crippen LogP contribution in [-0.4, -0.2) is 20.8 Å². The summed E-state index contributed by atoms with van der Waals surface area (Å²) in [6.45, 7) is 0.153. The van der Waals surface area contributed by atoms with Gasteiger partial charge in [0, 0.05) is 22.0 Å². The molecule has 0 atom stereocenters. The highest BCUT2D eigenvalue weighted by Gasteiger charge is 2.19. The van der Waals surface area contributed by atoms with E-state index >= 15 is 0 Å². The number of ether oxygens (including phenoxy) is 1. The molecule has 44 heavy (non-hydrogen) atoms. The van der Waals surface area contributed by atoms with Crippen molar-refractivity contribution < 1.29 is 14.1 Å². The second-order valence-electron chi connectivity index (χ2n) is 10.0. The first kappa shape index (κ1) is 27.1. The van der Waals surface area contributed by atoms with Gasteiger partial charge in [0.25, 0.3) is 5.56 Å². The largest absolute Gasteiger partial charge is 0.482 e. The van der Waals surface area contributed by atoms with Crippen LogP contribution < -0.4 is 10.3 Å². The van der Waals surface area contributed by atoms with Gasteiger partial charge in [-0.2, -0.15) is 9.78 Å². The number of hydrogen-bond donors (Lipinski definition) is 0. The molecular weight excluding hydrogens is 580 g/mol. The molecule has 0 aliphatic heterocycles. The molecule has 0 radical (unpaired) electrons. The lowest BCUT2D eigenvalue weighted by molar-refractivity contribution is -0.385. The molecule has 0 aliphatic rings. The van der Waals surface area contributed by atoms with Crippen LogP contribution in [-0.2, 0) is 6.61 Å². The minimum Gasteiger partial charge on any atom is -0.482 e. The van der Waals surface area contributed by atoms with Gasteiger partial charge in [-0.25, -0.2) is 4.98 Å². The fraction of sp³-hybridized carbons (Fsp3) is 0.0294. The molecule has 0 unspecified atom stereocenters. The van der Waals surface area contributed by atoms with Crippen LogP contribution >= 0.6 is 11.6 Å². The van der Waals surface area contributed by atoms with Gasteiger partial charge < -0.3 is 9.15 Å². The molecule has 0 saturated carbocycles. The van der Waals surface area contributed by atoms with Crippen LogP contribution in [0.25, 0.3) is 44.2 Å². The number of nitrogens with zero attached hydrogens (tertiary/aromatic N) is 4. The highest BCUT2D eigenvalue weighted by Crippen LogP contribution is 2.31. The van der Waals surface area contributed by atoms with Crippen molar-refractivity contribution in [1.82, 2.24) is 9.66 Å². The van der Waals surface area contributed by atoms with Gasteiger partial charge in [-0.3, -0.25) is 14.9 Å². The van der Waals surface area contributed by atoms with Gasteiger partial charge in [0.15, 0.2) is 11.5 Å². The first-order valence-corrected chi connectivity index (χ1v) is 14.0. The minimum atomic E-state index is -0.509.